The monoisotopic (exact) mass is 357 g/mol. The molecule has 7 heteroatoms. The van der Waals surface area contributed by atoms with E-state index in [0.29, 0.717) is 6.04 Å². The molecule has 0 saturated heterocycles. The van der Waals surface area contributed by atoms with Gasteiger partial charge in [0.05, 0.1) is 6.10 Å². The van der Waals surface area contributed by atoms with E-state index < -0.39 is 9.03 Å². The summed E-state index contributed by atoms with van der Waals surface area (Å²) in [4.78, 5) is 19.8. The van der Waals surface area contributed by atoms with E-state index in [0.717, 1.165) is 43.1 Å². The second kappa shape index (κ2) is 10.4. The minimum atomic E-state index is -0.419. The first-order chi connectivity index (χ1) is 11.2. The largest absolute Gasteiger partial charge is 0.352 e. The van der Waals surface area contributed by atoms with Gasteiger partial charge in [0.2, 0.25) is 5.95 Å². The number of hydrogen-bond acceptors (Lipinski definition) is 6. The predicted molar refractivity (Wildman–Crippen MR) is 99.5 cm³/mol. The molecule has 0 aromatic carbocycles. The molecule has 5 nitrogen and oxygen atoms in total. The van der Waals surface area contributed by atoms with Crippen molar-refractivity contribution in [1.82, 2.24) is 9.97 Å². The van der Waals surface area contributed by atoms with Crippen LogP contribution >= 0.6 is 21.7 Å². The number of anilines is 1. The number of hydrogen-bond donors (Lipinski definition) is 2. The molecule has 23 heavy (non-hydrogen) atoms. The summed E-state index contributed by atoms with van der Waals surface area (Å²) in [7, 11) is 1.60. The highest BCUT2D eigenvalue weighted by molar-refractivity contribution is 7.80. The molecule has 0 aliphatic heterocycles. The summed E-state index contributed by atoms with van der Waals surface area (Å²) in [6, 6.07) is 2.31. The average Bonchev–Trinajstić information content (AvgIpc) is 2.94. The van der Waals surface area contributed by atoms with E-state index in [1.807, 2.05) is 13.1 Å². The summed E-state index contributed by atoms with van der Waals surface area (Å²) in [5, 5.41) is 0. The summed E-state index contributed by atoms with van der Waals surface area (Å²) in [6.45, 7) is 0. The standard InChI is InChI=1S/C12H20N3O2PS.C4H8/c1-15(10-2-3-11(8-10)17-18-16)12-13-6-4-9(14-12)5-7-19;1-2-4-3-1/h4,6,10-11,16,18-19H,2-3,5,7-8H2,1H3;1-4H2. The number of thiol groups is 1. The number of rotatable bonds is 6. The van der Waals surface area contributed by atoms with Gasteiger partial charge in [0.25, 0.3) is 0 Å². The van der Waals surface area contributed by atoms with Crippen LogP contribution in [0.5, 0.6) is 0 Å². The lowest BCUT2D eigenvalue weighted by molar-refractivity contribution is 0.219. The highest BCUT2D eigenvalue weighted by atomic mass is 32.1. The molecular weight excluding hydrogens is 329 g/mol. The third-order valence-electron chi connectivity index (χ3n) is 4.51. The average molecular weight is 357 g/mol. The van der Waals surface area contributed by atoms with Crippen LogP contribution in [-0.4, -0.2) is 39.8 Å². The molecule has 2 aliphatic carbocycles. The predicted octanol–water partition coefficient (Wildman–Crippen LogP) is 3.38. The Labute approximate surface area is 146 Å². The lowest BCUT2D eigenvalue weighted by Gasteiger charge is -2.24. The van der Waals surface area contributed by atoms with Crippen LogP contribution in [0, 0.1) is 0 Å². The molecule has 1 aromatic heterocycles. The maximum Gasteiger partial charge on any atom is 0.225 e. The summed E-state index contributed by atoms with van der Waals surface area (Å²) < 4.78 is 5.29. The van der Waals surface area contributed by atoms with Crippen molar-refractivity contribution in [2.24, 2.45) is 0 Å². The maximum absolute atomic E-state index is 8.82. The van der Waals surface area contributed by atoms with Crippen LogP contribution in [0.15, 0.2) is 12.3 Å². The zero-order valence-corrected chi connectivity index (χ0v) is 15.7. The molecule has 0 radical (unpaired) electrons. The van der Waals surface area contributed by atoms with Gasteiger partial charge in [0.1, 0.15) is 0 Å². The first-order valence-corrected chi connectivity index (χ1v) is 9.93. The third-order valence-corrected chi connectivity index (χ3v) is 5.17. The fourth-order valence-electron chi connectivity index (χ4n) is 2.67. The van der Waals surface area contributed by atoms with Crippen LogP contribution in [0.2, 0.25) is 0 Å². The van der Waals surface area contributed by atoms with Crippen LogP contribution in [0.25, 0.3) is 0 Å². The van der Waals surface area contributed by atoms with Crippen molar-refractivity contribution in [2.45, 2.75) is 63.5 Å². The molecule has 2 fully saturated rings. The van der Waals surface area contributed by atoms with Gasteiger partial charge in [-0.15, -0.1) is 0 Å². The Kier molecular flexibility index (Phi) is 8.59. The molecule has 3 rings (SSSR count). The van der Waals surface area contributed by atoms with Gasteiger partial charge in [0, 0.05) is 25.0 Å². The van der Waals surface area contributed by atoms with Crippen LogP contribution in [0.4, 0.5) is 5.95 Å². The summed E-state index contributed by atoms with van der Waals surface area (Å²) in [6.07, 6.45) is 11.8. The molecule has 1 heterocycles. The quantitative estimate of drug-likeness (QED) is 0.604. The van der Waals surface area contributed by atoms with Crippen molar-refractivity contribution < 1.29 is 9.42 Å². The molecule has 2 saturated carbocycles. The van der Waals surface area contributed by atoms with E-state index in [4.69, 9.17) is 9.42 Å². The van der Waals surface area contributed by atoms with Crippen molar-refractivity contribution >= 4 is 27.6 Å². The topological polar surface area (TPSA) is 58.5 Å². The number of aryl methyl sites for hydroxylation is 1. The summed E-state index contributed by atoms with van der Waals surface area (Å²) in [5.74, 6) is 1.55. The molecule has 130 valence electrons. The summed E-state index contributed by atoms with van der Waals surface area (Å²) >= 11 is 4.23. The van der Waals surface area contributed by atoms with Crippen LogP contribution in [0.3, 0.4) is 0 Å². The van der Waals surface area contributed by atoms with Gasteiger partial charge in [-0.25, -0.2) is 9.97 Å². The zero-order chi connectivity index (χ0) is 16.5. The van der Waals surface area contributed by atoms with Gasteiger partial charge in [-0.05, 0) is 37.5 Å². The maximum atomic E-state index is 8.82. The van der Waals surface area contributed by atoms with Crippen LogP contribution in [-0.2, 0) is 10.9 Å². The van der Waals surface area contributed by atoms with Crippen molar-refractivity contribution in [3.63, 3.8) is 0 Å². The molecule has 2 aliphatic rings. The van der Waals surface area contributed by atoms with E-state index >= 15 is 0 Å². The van der Waals surface area contributed by atoms with Crippen molar-refractivity contribution in [3.8, 4) is 0 Å². The Hall–Kier alpha value is -0.420. The van der Waals surface area contributed by atoms with Crippen molar-refractivity contribution in [2.75, 3.05) is 17.7 Å². The van der Waals surface area contributed by atoms with E-state index in [-0.39, 0.29) is 6.10 Å². The molecule has 1 aromatic rings. The number of nitrogens with zero attached hydrogens (tertiary/aromatic N) is 3. The molecule has 3 unspecified atom stereocenters. The van der Waals surface area contributed by atoms with Crippen LogP contribution in [0.1, 0.15) is 50.6 Å². The molecule has 0 amide bonds. The smallest absolute Gasteiger partial charge is 0.225 e. The first kappa shape index (κ1) is 18.9. The van der Waals surface area contributed by atoms with Gasteiger partial charge >= 0.3 is 0 Å². The van der Waals surface area contributed by atoms with Crippen molar-refractivity contribution in [1.29, 1.82) is 0 Å². The minimum Gasteiger partial charge on any atom is -0.352 e. The molecule has 1 N–H and O–H groups in total. The lowest BCUT2D eigenvalue weighted by atomic mass is 10.0. The van der Waals surface area contributed by atoms with Crippen molar-refractivity contribution in [3.05, 3.63) is 18.0 Å². The highest BCUT2D eigenvalue weighted by Crippen LogP contribution is 2.30. The van der Waals surface area contributed by atoms with Crippen LogP contribution < -0.4 is 4.90 Å². The Morgan fingerprint density at radius 3 is 2.70 bits per heavy atom. The lowest BCUT2D eigenvalue weighted by Crippen LogP contribution is -2.31. The highest BCUT2D eigenvalue weighted by Gasteiger charge is 2.29. The molecule has 0 bridgehead atoms. The number of aromatic nitrogens is 2. The van der Waals surface area contributed by atoms with E-state index in [2.05, 4.69) is 27.5 Å². The van der Waals surface area contributed by atoms with Gasteiger partial charge in [-0.3, -0.25) is 0 Å². The Morgan fingerprint density at radius 2 is 2.09 bits per heavy atom. The normalized spacial score (nSPS) is 23.4. The first-order valence-electron chi connectivity index (χ1n) is 8.45. The van der Waals surface area contributed by atoms with E-state index in [9.17, 15) is 0 Å². The van der Waals surface area contributed by atoms with E-state index in [1.54, 1.807) is 6.20 Å². The molecule has 0 spiro atoms. The summed E-state index contributed by atoms with van der Waals surface area (Å²) in [5.41, 5.74) is 1.02. The van der Waals surface area contributed by atoms with Gasteiger partial charge in [0.15, 0.2) is 9.03 Å². The second-order valence-electron chi connectivity index (χ2n) is 6.14. The fourth-order valence-corrected chi connectivity index (χ4v) is 3.26. The van der Waals surface area contributed by atoms with E-state index in [1.165, 1.54) is 25.7 Å². The zero-order valence-electron chi connectivity index (χ0n) is 13.8. The molecular formula is C16H28N3O2PS. The SMILES string of the molecule is C1CCC1.CN(c1nccc(CCS)n1)C1CCC(OPO)C1. The van der Waals surface area contributed by atoms with Gasteiger partial charge in [-0.2, -0.15) is 12.6 Å². The Bertz CT molecular complexity index is 459. The molecule has 3 atom stereocenters. The second-order valence-corrected chi connectivity index (χ2v) is 7.01. The Morgan fingerprint density at radius 1 is 1.35 bits per heavy atom. The van der Waals surface area contributed by atoms with Gasteiger partial charge in [-0.1, -0.05) is 25.7 Å². The Balaban J connectivity index is 0.000000417. The fraction of sp³-hybridized carbons (Fsp3) is 0.750. The van der Waals surface area contributed by atoms with Gasteiger partial charge < -0.3 is 14.3 Å². The third kappa shape index (κ3) is 6.18. The minimum absolute atomic E-state index is 0.163.